The number of fused-ring (bicyclic) bond motifs is 1. The number of hydrogen-bond acceptors (Lipinski definition) is 7. The van der Waals surface area contributed by atoms with Crippen molar-refractivity contribution in [2.24, 2.45) is 0 Å². The third-order valence-electron chi connectivity index (χ3n) is 4.90. The van der Waals surface area contributed by atoms with Gasteiger partial charge in [-0.05, 0) is 26.3 Å². The van der Waals surface area contributed by atoms with Gasteiger partial charge >= 0.3 is 0 Å². The quantitative estimate of drug-likeness (QED) is 0.511. The molecule has 1 atom stereocenters. The van der Waals surface area contributed by atoms with E-state index in [1.54, 1.807) is 10.7 Å². The molecule has 0 aliphatic carbocycles. The van der Waals surface area contributed by atoms with Gasteiger partial charge in [0, 0.05) is 41.9 Å². The fraction of sp³-hybridized carbons (Fsp3) is 0.333. The predicted octanol–water partition coefficient (Wildman–Crippen LogP) is 2.63. The number of anilines is 2. The van der Waals surface area contributed by atoms with Crippen molar-refractivity contribution in [1.82, 2.24) is 35.3 Å². The van der Waals surface area contributed by atoms with Gasteiger partial charge in [0.05, 0.1) is 18.1 Å². The van der Waals surface area contributed by atoms with E-state index in [1.165, 1.54) is 0 Å². The zero-order valence-electron chi connectivity index (χ0n) is 14.9. The van der Waals surface area contributed by atoms with Crippen molar-refractivity contribution >= 4 is 17.3 Å². The van der Waals surface area contributed by atoms with Crippen LogP contribution < -0.4 is 10.6 Å². The second kappa shape index (κ2) is 6.51. The summed E-state index contributed by atoms with van der Waals surface area (Å²) in [5, 5.41) is 22.3. The molecule has 5 heterocycles. The van der Waals surface area contributed by atoms with Crippen LogP contribution in [0.2, 0.25) is 0 Å². The smallest absolute Gasteiger partial charge is 0.175 e. The normalized spacial score (nSPS) is 17.4. The molecule has 1 aliphatic heterocycles. The van der Waals surface area contributed by atoms with Crippen molar-refractivity contribution in [2.45, 2.75) is 25.7 Å². The van der Waals surface area contributed by atoms with Crippen LogP contribution in [0.3, 0.4) is 0 Å². The van der Waals surface area contributed by atoms with Gasteiger partial charge in [0.25, 0.3) is 0 Å². The minimum absolute atomic E-state index is 0.371. The molecule has 138 valence electrons. The maximum atomic E-state index is 5.18. The fourth-order valence-corrected chi connectivity index (χ4v) is 3.54. The van der Waals surface area contributed by atoms with E-state index in [4.69, 9.17) is 9.51 Å². The second-order valence-electron chi connectivity index (χ2n) is 6.84. The summed E-state index contributed by atoms with van der Waals surface area (Å²) < 4.78 is 6.98. The molecule has 0 spiro atoms. The Balaban J connectivity index is 1.64. The van der Waals surface area contributed by atoms with Gasteiger partial charge < -0.3 is 15.2 Å². The Morgan fingerprint density at radius 2 is 2.26 bits per heavy atom. The molecule has 5 rings (SSSR count). The SMILES string of the molecule is Cc1cc(Nc2cc(C3CCCNC3)nc3c(-c4cn[nH]c4)cnn23)no1. The predicted molar refractivity (Wildman–Crippen MR) is 99.9 cm³/mol. The summed E-state index contributed by atoms with van der Waals surface area (Å²) in [6.45, 7) is 3.86. The highest BCUT2D eigenvalue weighted by molar-refractivity contribution is 5.77. The average molecular weight is 364 g/mol. The van der Waals surface area contributed by atoms with Crippen LogP contribution in [-0.2, 0) is 0 Å². The molecule has 0 aromatic carbocycles. The van der Waals surface area contributed by atoms with Crippen LogP contribution in [-0.4, -0.2) is 43.0 Å². The van der Waals surface area contributed by atoms with E-state index in [1.807, 2.05) is 25.4 Å². The molecule has 27 heavy (non-hydrogen) atoms. The van der Waals surface area contributed by atoms with Crippen LogP contribution in [0.4, 0.5) is 11.6 Å². The third kappa shape index (κ3) is 2.95. The van der Waals surface area contributed by atoms with Gasteiger partial charge in [0.15, 0.2) is 11.5 Å². The monoisotopic (exact) mass is 364 g/mol. The van der Waals surface area contributed by atoms with Crippen LogP contribution in [0.5, 0.6) is 0 Å². The van der Waals surface area contributed by atoms with E-state index >= 15 is 0 Å². The highest BCUT2D eigenvalue weighted by Crippen LogP contribution is 2.30. The Morgan fingerprint density at radius 3 is 3.00 bits per heavy atom. The number of hydrogen-bond donors (Lipinski definition) is 3. The van der Waals surface area contributed by atoms with Crippen molar-refractivity contribution in [2.75, 3.05) is 18.4 Å². The molecule has 4 aromatic rings. The van der Waals surface area contributed by atoms with Crippen LogP contribution in [0, 0.1) is 6.92 Å². The van der Waals surface area contributed by atoms with Crippen LogP contribution >= 0.6 is 0 Å². The summed E-state index contributed by atoms with van der Waals surface area (Å²) in [5.74, 6) is 2.58. The second-order valence-corrected chi connectivity index (χ2v) is 6.84. The summed E-state index contributed by atoms with van der Waals surface area (Å²) in [5.41, 5.74) is 3.73. The van der Waals surface area contributed by atoms with Gasteiger partial charge in [0.1, 0.15) is 11.6 Å². The lowest BCUT2D eigenvalue weighted by molar-refractivity contribution is 0.400. The topological polar surface area (TPSA) is 109 Å². The van der Waals surface area contributed by atoms with Gasteiger partial charge in [-0.1, -0.05) is 5.16 Å². The molecule has 1 saturated heterocycles. The number of rotatable bonds is 4. The van der Waals surface area contributed by atoms with Crippen LogP contribution in [0.25, 0.3) is 16.8 Å². The summed E-state index contributed by atoms with van der Waals surface area (Å²) in [6.07, 6.45) is 7.71. The molecule has 3 N–H and O–H groups in total. The highest BCUT2D eigenvalue weighted by Gasteiger charge is 2.21. The first kappa shape index (κ1) is 16.0. The molecule has 1 unspecified atom stereocenters. The number of nitrogens with zero attached hydrogens (tertiary/aromatic N) is 5. The van der Waals surface area contributed by atoms with Crippen LogP contribution in [0.15, 0.2) is 35.2 Å². The molecule has 1 fully saturated rings. The lowest BCUT2D eigenvalue weighted by atomic mass is 9.96. The van der Waals surface area contributed by atoms with Crippen molar-refractivity contribution in [3.63, 3.8) is 0 Å². The molecule has 9 nitrogen and oxygen atoms in total. The molecule has 1 aliphatic rings. The minimum atomic E-state index is 0.371. The highest BCUT2D eigenvalue weighted by atomic mass is 16.5. The van der Waals surface area contributed by atoms with Gasteiger partial charge in [0.2, 0.25) is 0 Å². The van der Waals surface area contributed by atoms with E-state index in [9.17, 15) is 0 Å². The minimum Gasteiger partial charge on any atom is -0.360 e. The summed E-state index contributed by atoms with van der Waals surface area (Å²) >= 11 is 0. The Bertz CT molecular complexity index is 1060. The number of aryl methyl sites for hydroxylation is 1. The molecule has 0 amide bonds. The van der Waals surface area contributed by atoms with Gasteiger partial charge in [-0.15, -0.1) is 0 Å². The van der Waals surface area contributed by atoms with Crippen molar-refractivity contribution in [1.29, 1.82) is 0 Å². The van der Waals surface area contributed by atoms with Crippen LogP contribution in [0.1, 0.15) is 30.2 Å². The van der Waals surface area contributed by atoms with E-state index in [0.717, 1.165) is 60.0 Å². The molecule has 0 bridgehead atoms. The number of H-pyrrole nitrogens is 1. The zero-order valence-corrected chi connectivity index (χ0v) is 14.9. The molecule has 0 saturated carbocycles. The summed E-state index contributed by atoms with van der Waals surface area (Å²) in [6, 6.07) is 3.91. The molecular formula is C18H20N8O. The van der Waals surface area contributed by atoms with Gasteiger partial charge in [-0.3, -0.25) is 5.10 Å². The molecule has 9 heteroatoms. The molecule has 4 aromatic heterocycles. The van der Waals surface area contributed by atoms with E-state index in [2.05, 4.69) is 37.2 Å². The maximum Gasteiger partial charge on any atom is 0.175 e. The average Bonchev–Trinajstić information content (AvgIpc) is 3.43. The van der Waals surface area contributed by atoms with E-state index in [0.29, 0.717) is 11.7 Å². The first-order chi connectivity index (χ1) is 13.3. The summed E-state index contributed by atoms with van der Waals surface area (Å²) in [4.78, 5) is 4.96. The zero-order chi connectivity index (χ0) is 18.2. The first-order valence-electron chi connectivity index (χ1n) is 9.07. The Morgan fingerprint density at radius 1 is 1.30 bits per heavy atom. The number of piperidine rings is 1. The fourth-order valence-electron chi connectivity index (χ4n) is 3.54. The lowest BCUT2D eigenvalue weighted by Gasteiger charge is -2.23. The molecule has 0 radical (unpaired) electrons. The van der Waals surface area contributed by atoms with Gasteiger partial charge in [-0.25, -0.2) is 4.98 Å². The van der Waals surface area contributed by atoms with Crippen molar-refractivity contribution in [3.8, 4) is 11.1 Å². The van der Waals surface area contributed by atoms with Gasteiger partial charge in [-0.2, -0.15) is 14.7 Å². The lowest BCUT2D eigenvalue weighted by Crippen LogP contribution is -2.29. The Hall–Kier alpha value is -3.20. The van der Waals surface area contributed by atoms with Crippen molar-refractivity contribution < 1.29 is 4.52 Å². The Labute approximate surface area is 155 Å². The first-order valence-corrected chi connectivity index (χ1v) is 9.07. The number of aromatic nitrogens is 6. The standard InChI is InChI=1S/C18H20N8O/c1-11-5-16(25-27-11)24-17-6-15(12-3-2-4-19-7-12)23-18-14(10-22-26(17)18)13-8-20-21-9-13/h5-6,8-10,12,19H,2-4,7H2,1H3,(H,20,21)(H,24,25). The number of nitrogens with one attached hydrogen (secondary N) is 3. The number of aromatic amines is 1. The summed E-state index contributed by atoms with van der Waals surface area (Å²) in [7, 11) is 0. The maximum absolute atomic E-state index is 5.18. The third-order valence-corrected chi connectivity index (χ3v) is 4.90. The Kier molecular flexibility index (Phi) is 3.86. The van der Waals surface area contributed by atoms with Crippen molar-refractivity contribution in [3.05, 3.63) is 42.2 Å². The molecular weight excluding hydrogens is 344 g/mol. The van der Waals surface area contributed by atoms with E-state index < -0.39 is 0 Å². The van der Waals surface area contributed by atoms with E-state index in [-0.39, 0.29) is 0 Å². The largest absolute Gasteiger partial charge is 0.360 e.